The normalized spacial score (nSPS) is 12.4. The van der Waals surface area contributed by atoms with Crippen molar-refractivity contribution in [3.63, 3.8) is 0 Å². The molecule has 4 rings (SSSR count). The molecule has 142 valence electrons. The van der Waals surface area contributed by atoms with Gasteiger partial charge in [0.05, 0.1) is 17.3 Å². The zero-order valence-corrected chi connectivity index (χ0v) is 15.7. The van der Waals surface area contributed by atoms with Crippen LogP contribution in [-0.2, 0) is 0 Å². The quantitative estimate of drug-likeness (QED) is 0.543. The predicted octanol–water partition coefficient (Wildman–Crippen LogP) is 3.63. The van der Waals surface area contributed by atoms with Gasteiger partial charge in [0.15, 0.2) is 11.2 Å². The summed E-state index contributed by atoms with van der Waals surface area (Å²) in [7, 11) is 0. The smallest absolute Gasteiger partial charge is 0.339 e. The topological polar surface area (TPSA) is 110 Å². The number of carboxylic acid groups (broad SMARTS) is 1. The third kappa shape index (κ3) is 2.87. The number of fused-ring (bicyclic) bond motifs is 2. The molecule has 1 aromatic carbocycles. The first-order chi connectivity index (χ1) is 13.4. The Labute approximate surface area is 163 Å². The summed E-state index contributed by atoms with van der Waals surface area (Å²) in [5, 5.41) is 17.1. The van der Waals surface area contributed by atoms with Gasteiger partial charge in [-0.05, 0) is 37.6 Å². The van der Waals surface area contributed by atoms with Crippen LogP contribution in [0, 0.1) is 6.92 Å². The molecule has 28 heavy (non-hydrogen) atoms. The minimum Gasteiger partial charge on any atom is -0.478 e. The number of aromatic nitrogens is 3. The van der Waals surface area contributed by atoms with Crippen molar-refractivity contribution < 1.29 is 19.1 Å². The van der Waals surface area contributed by atoms with Gasteiger partial charge in [-0.25, -0.2) is 14.3 Å². The fourth-order valence-electron chi connectivity index (χ4n) is 3.10. The number of furan rings is 1. The van der Waals surface area contributed by atoms with Gasteiger partial charge >= 0.3 is 5.97 Å². The molecule has 0 bridgehead atoms. The van der Waals surface area contributed by atoms with Crippen molar-refractivity contribution in [1.29, 1.82) is 0 Å². The molecule has 4 aromatic rings. The average molecular weight is 399 g/mol. The summed E-state index contributed by atoms with van der Waals surface area (Å²) < 4.78 is 7.25. The Bertz CT molecular complexity index is 1240. The van der Waals surface area contributed by atoms with Crippen LogP contribution in [0.4, 0.5) is 0 Å². The molecular weight excluding hydrogens is 384 g/mol. The highest BCUT2D eigenvalue weighted by Gasteiger charge is 2.25. The van der Waals surface area contributed by atoms with Crippen molar-refractivity contribution in [2.24, 2.45) is 0 Å². The summed E-state index contributed by atoms with van der Waals surface area (Å²) in [5.41, 5.74) is 1.67. The minimum absolute atomic E-state index is 0.0218. The van der Waals surface area contributed by atoms with Gasteiger partial charge in [0, 0.05) is 17.8 Å². The molecule has 0 radical (unpaired) electrons. The van der Waals surface area contributed by atoms with Crippen molar-refractivity contribution in [2.75, 3.05) is 0 Å². The predicted molar refractivity (Wildman–Crippen MR) is 102 cm³/mol. The van der Waals surface area contributed by atoms with Crippen molar-refractivity contribution >= 4 is 40.1 Å². The monoisotopic (exact) mass is 398 g/mol. The zero-order valence-electron chi connectivity index (χ0n) is 14.9. The van der Waals surface area contributed by atoms with Gasteiger partial charge < -0.3 is 14.8 Å². The number of nitrogens with zero attached hydrogens (tertiary/aromatic N) is 3. The molecule has 0 spiro atoms. The Morgan fingerprint density at radius 1 is 1.32 bits per heavy atom. The van der Waals surface area contributed by atoms with E-state index in [4.69, 9.17) is 16.0 Å². The maximum atomic E-state index is 12.7. The van der Waals surface area contributed by atoms with E-state index in [2.05, 4.69) is 15.4 Å². The highest BCUT2D eigenvalue weighted by molar-refractivity contribution is 6.36. The molecule has 1 atom stereocenters. The highest BCUT2D eigenvalue weighted by atomic mass is 35.5. The van der Waals surface area contributed by atoms with Crippen molar-refractivity contribution in [1.82, 2.24) is 19.9 Å². The lowest BCUT2D eigenvalue weighted by Crippen LogP contribution is -2.26. The van der Waals surface area contributed by atoms with Crippen LogP contribution in [0.1, 0.15) is 45.0 Å². The van der Waals surface area contributed by atoms with E-state index in [1.54, 1.807) is 38.4 Å². The summed E-state index contributed by atoms with van der Waals surface area (Å²) in [6.45, 7) is 3.48. The molecule has 8 nitrogen and oxygen atoms in total. The number of carboxylic acids is 1. The van der Waals surface area contributed by atoms with E-state index in [0.717, 1.165) is 5.56 Å². The van der Waals surface area contributed by atoms with E-state index in [-0.39, 0.29) is 21.9 Å². The van der Waals surface area contributed by atoms with Crippen LogP contribution >= 0.6 is 11.6 Å². The Kier molecular flexibility index (Phi) is 4.27. The number of aromatic carboxylic acids is 1. The summed E-state index contributed by atoms with van der Waals surface area (Å²) in [6, 6.07) is 4.37. The van der Waals surface area contributed by atoms with E-state index < -0.39 is 17.9 Å². The van der Waals surface area contributed by atoms with Crippen LogP contribution in [-0.4, -0.2) is 31.6 Å². The Balaban J connectivity index is 1.70. The number of hydrogen-bond acceptors (Lipinski definition) is 5. The van der Waals surface area contributed by atoms with Gasteiger partial charge in [-0.2, -0.15) is 5.10 Å². The maximum absolute atomic E-state index is 12.7. The molecule has 9 heteroatoms. The fourth-order valence-corrected chi connectivity index (χ4v) is 3.44. The number of halogens is 1. The third-order valence-corrected chi connectivity index (χ3v) is 4.78. The van der Waals surface area contributed by atoms with Gasteiger partial charge in [-0.3, -0.25) is 4.79 Å². The highest BCUT2D eigenvalue weighted by Crippen LogP contribution is 2.36. The number of nitrogens with one attached hydrogen (secondary N) is 1. The van der Waals surface area contributed by atoms with Gasteiger partial charge in [0.1, 0.15) is 16.9 Å². The number of rotatable bonds is 4. The fraction of sp³-hybridized carbons (Fsp3) is 0.158. The van der Waals surface area contributed by atoms with Crippen LogP contribution in [0.25, 0.3) is 16.6 Å². The molecule has 3 aromatic heterocycles. The van der Waals surface area contributed by atoms with Gasteiger partial charge in [0.25, 0.3) is 5.91 Å². The number of hydrogen-bond donors (Lipinski definition) is 2. The largest absolute Gasteiger partial charge is 0.478 e. The first kappa shape index (κ1) is 18.0. The van der Waals surface area contributed by atoms with Crippen LogP contribution in [0.5, 0.6) is 0 Å². The van der Waals surface area contributed by atoms with Gasteiger partial charge in [-0.15, -0.1) is 0 Å². The summed E-state index contributed by atoms with van der Waals surface area (Å²) >= 11 is 6.44. The number of aryl methyl sites for hydroxylation is 1. The van der Waals surface area contributed by atoms with E-state index >= 15 is 0 Å². The second-order valence-corrected chi connectivity index (χ2v) is 6.79. The molecule has 0 aliphatic rings. The van der Waals surface area contributed by atoms with E-state index in [9.17, 15) is 14.7 Å². The molecule has 2 N–H and O–H groups in total. The Hall–Kier alpha value is -3.39. The minimum atomic E-state index is -1.11. The second-order valence-electron chi connectivity index (χ2n) is 6.42. The number of benzene rings is 1. The van der Waals surface area contributed by atoms with E-state index in [1.165, 1.54) is 16.8 Å². The Morgan fingerprint density at radius 3 is 2.86 bits per heavy atom. The van der Waals surface area contributed by atoms with Crippen LogP contribution < -0.4 is 5.32 Å². The first-order valence-corrected chi connectivity index (χ1v) is 8.79. The molecule has 3 heterocycles. The first-order valence-electron chi connectivity index (χ1n) is 8.42. The standard InChI is InChI=1S/C19H15ClN4O4/c1-9-6-11-14(20)15(28-16(11)12(7-9)19(26)27)10(2)23-18(25)13-8-22-24-5-3-4-21-17(13)24/h3-8,10H,1-2H3,(H,23,25)(H,26,27). The lowest BCUT2D eigenvalue weighted by Gasteiger charge is -2.11. The molecule has 0 fully saturated rings. The van der Waals surface area contributed by atoms with E-state index in [0.29, 0.717) is 16.6 Å². The number of amides is 1. The molecule has 1 amide bonds. The van der Waals surface area contributed by atoms with Gasteiger partial charge in [-0.1, -0.05) is 11.6 Å². The molecule has 0 aliphatic carbocycles. The van der Waals surface area contributed by atoms with Crippen molar-refractivity contribution in [3.8, 4) is 0 Å². The average Bonchev–Trinajstić information content (AvgIpc) is 3.23. The van der Waals surface area contributed by atoms with Crippen LogP contribution in [0.2, 0.25) is 5.02 Å². The zero-order chi connectivity index (χ0) is 20.0. The van der Waals surface area contributed by atoms with Crippen molar-refractivity contribution in [2.45, 2.75) is 19.9 Å². The summed E-state index contributed by atoms with van der Waals surface area (Å²) in [6.07, 6.45) is 4.69. The molecule has 1 unspecified atom stereocenters. The lowest BCUT2D eigenvalue weighted by atomic mass is 10.1. The van der Waals surface area contributed by atoms with Crippen LogP contribution in [0.15, 0.2) is 41.2 Å². The lowest BCUT2D eigenvalue weighted by molar-refractivity contribution is 0.0697. The molecule has 0 saturated carbocycles. The maximum Gasteiger partial charge on any atom is 0.339 e. The SMILES string of the molecule is Cc1cc(C(=O)O)c2oc(C(C)NC(=O)c3cnn4cccnc34)c(Cl)c2c1. The molecular formula is C19H15ClN4O4. The molecule has 0 saturated heterocycles. The number of carbonyl (C=O) groups is 2. The van der Waals surface area contributed by atoms with Gasteiger partial charge in [0.2, 0.25) is 0 Å². The number of carbonyl (C=O) groups excluding carboxylic acids is 1. The Morgan fingerprint density at radius 2 is 2.11 bits per heavy atom. The van der Waals surface area contributed by atoms with Crippen molar-refractivity contribution in [3.05, 3.63) is 64.3 Å². The molecule has 0 aliphatic heterocycles. The summed E-state index contributed by atoms with van der Waals surface area (Å²) in [5.74, 6) is -1.23. The van der Waals surface area contributed by atoms with E-state index in [1.807, 2.05) is 0 Å². The second kappa shape index (κ2) is 6.65. The van der Waals surface area contributed by atoms with Crippen LogP contribution in [0.3, 0.4) is 0 Å². The third-order valence-electron chi connectivity index (χ3n) is 4.39. The summed E-state index contributed by atoms with van der Waals surface area (Å²) in [4.78, 5) is 28.4.